The molecular formula is C9H11BrN4. The molecule has 0 unspecified atom stereocenters. The summed E-state index contributed by atoms with van der Waals surface area (Å²) < 4.78 is 0. The molecule has 0 atom stereocenters. The average molecular weight is 255 g/mol. The van der Waals surface area contributed by atoms with Crippen molar-refractivity contribution >= 4 is 21.9 Å². The molecule has 0 aliphatic heterocycles. The van der Waals surface area contributed by atoms with Crippen LogP contribution in [0.25, 0.3) is 0 Å². The zero-order valence-corrected chi connectivity index (χ0v) is 9.53. The molecule has 5 heteroatoms. The third-order valence-corrected chi connectivity index (χ3v) is 2.39. The molecule has 0 saturated heterocycles. The smallest absolute Gasteiger partial charge is 0.225 e. The fourth-order valence-electron chi connectivity index (χ4n) is 0.932. The Bertz CT molecular complexity index is 317. The summed E-state index contributed by atoms with van der Waals surface area (Å²) in [6, 6.07) is 2.09. The summed E-state index contributed by atoms with van der Waals surface area (Å²) in [7, 11) is 1.88. The van der Waals surface area contributed by atoms with Gasteiger partial charge in [-0.25, -0.2) is 9.97 Å². The molecule has 4 nitrogen and oxygen atoms in total. The second-order valence-corrected chi connectivity index (χ2v) is 3.42. The maximum absolute atomic E-state index is 8.42. The first-order valence-electron chi connectivity index (χ1n) is 4.23. The van der Waals surface area contributed by atoms with Crippen molar-refractivity contribution in [1.82, 2.24) is 9.97 Å². The topological polar surface area (TPSA) is 52.8 Å². The molecule has 14 heavy (non-hydrogen) atoms. The summed E-state index contributed by atoms with van der Waals surface area (Å²) in [6.45, 7) is 0.657. The third kappa shape index (κ3) is 2.96. The van der Waals surface area contributed by atoms with Gasteiger partial charge in [-0.05, 0) is 5.56 Å². The number of rotatable bonds is 4. The molecule has 1 heterocycles. The summed E-state index contributed by atoms with van der Waals surface area (Å²) in [5.74, 6) is 0.657. The minimum atomic E-state index is 0.486. The number of anilines is 1. The number of nitrogens with zero attached hydrogens (tertiary/aromatic N) is 4. The van der Waals surface area contributed by atoms with E-state index in [0.717, 1.165) is 10.9 Å². The lowest BCUT2D eigenvalue weighted by Gasteiger charge is -2.14. The van der Waals surface area contributed by atoms with Gasteiger partial charge in [0.15, 0.2) is 0 Å². The second-order valence-electron chi connectivity index (χ2n) is 2.85. The van der Waals surface area contributed by atoms with E-state index in [-0.39, 0.29) is 0 Å². The minimum Gasteiger partial charge on any atom is -0.343 e. The van der Waals surface area contributed by atoms with Crippen LogP contribution < -0.4 is 4.90 Å². The van der Waals surface area contributed by atoms with Crippen molar-refractivity contribution in [3.63, 3.8) is 0 Å². The molecule has 0 aliphatic carbocycles. The van der Waals surface area contributed by atoms with Gasteiger partial charge in [0.05, 0.1) is 12.5 Å². The number of nitriles is 1. The normalized spacial score (nSPS) is 9.50. The summed E-state index contributed by atoms with van der Waals surface area (Å²) in [6.07, 6.45) is 4.04. The van der Waals surface area contributed by atoms with Crippen molar-refractivity contribution in [3.05, 3.63) is 18.0 Å². The Morgan fingerprint density at radius 3 is 2.64 bits per heavy atom. The van der Waals surface area contributed by atoms with Crippen LogP contribution in [0.15, 0.2) is 12.4 Å². The monoisotopic (exact) mass is 254 g/mol. The van der Waals surface area contributed by atoms with E-state index in [2.05, 4.69) is 32.0 Å². The van der Waals surface area contributed by atoms with Crippen LogP contribution in [-0.4, -0.2) is 23.6 Å². The summed E-state index contributed by atoms with van der Waals surface area (Å²) in [5, 5.41) is 9.18. The maximum Gasteiger partial charge on any atom is 0.225 e. The number of alkyl halides is 1. The van der Waals surface area contributed by atoms with Gasteiger partial charge in [0.25, 0.3) is 0 Å². The van der Waals surface area contributed by atoms with E-state index in [0.29, 0.717) is 18.9 Å². The van der Waals surface area contributed by atoms with Gasteiger partial charge in [0, 0.05) is 31.3 Å². The lowest BCUT2D eigenvalue weighted by molar-refractivity contribution is 0.855. The molecule has 0 fully saturated rings. The van der Waals surface area contributed by atoms with Crippen LogP contribution in [-0.2, 0) is 5.33 Å². The van der Waals surface area contributed by atoms with Crippen LogP contribution in [0.3, 0.4) is 0 Å². The lowest BCUT2D eigenvalue weighted by Crippen LogP contribution is -2.20. The van der Waals surface area contributed by atoms with Crippen molar-refractivity contribution in [2.24, 2.45) is 0 Å². The fourth-order valence-corrected chi connectivity index (χ4v) is 1.22. The van der Waals surface area contributed by atoms with E-state index in [4.69, 9.17) is 5.26 Å². The molecule has 0 bridgehead atoms. The zero-order chi connectivity index (χ0) is 10.4. The highest BCUT2D eigenvalue weighted by Crippen LogP contribution is 2.07. The molecule has 0 spiro atoms. The van der Waals surface area contributed by atoms with Crippen LogP contribution in [0, 0.1) is 11.3 Å². The predicted molar refractivity (Wildman–Crippen MR) is 58.2 cm³/mol. The van der Waals surface area contributed by atoms with E-state index >= 15 is 0 Å². The zero-order valence-electron chi connectivity index (χ0n) is 7.94. The van der Waals surface area contributed by atoms with Crippen LogP contribution >= 0.6 is 15.9 Å². The number of halogens is 1. The van der Waals surface area contributed by atoms with Gasteiger partial charge < -0.3 is 4.90 Å². The van der Waals surface area contributed by atoms with Crippen LogP contribution in [0.2, 0.25) is 0 Å². The van der Waals surface area contributed by atoms with E-state index < -0.39 is 0 Å². The van der Waals surface area contributed by atoms with Gasteiger partial charge in [-0.3, -0.25) is 0 Å². The number of hydrogen-bond acceptors (Lipinski definition) is 4. The first kappa shape index (κ1) is 10.9. The van der Waals surface area contributed by atoms with E-state index in [9.17, 15) is 0 Å². The Morgan fingerprint density at radius 2 is 2.14 bits per heavy atom. The molecule has 1 rings (SSSR count). The SMILES string of the molecule is CN(CCC#N)c1ncc(CBr)cn1. The quantitative estimate of drug-likeness (QED) is 0.769. The molecule has 0 aliphatic rings. The van der Waals surface area contributed by atoms with Gasteiger partial charge in [0.1, 0.15) is 0 Å². The molecule has 0 amide bonds. The molecule has 1 aromatic heterocycles. The lowest BCUT2D eigenvalue weighted by atomic mass is 10.4. The first-order valence-corrected chi connectivity index (χ1v) is 5.35. The summed E-state index contributed by atoms with van der Waals surface area (Å²) in [4.78, 5) is 10.2. The number of aromatic nitrogens is 2. The van der Waals surface area contributed by atoms with Crippen molar-refractivity contribution in [2.75, 3.05) is 18.5 Å². The Hall–Kier alpha value is -1.15. The summed E-state index contributed by atoms with van der Waals surface area (Å²) >= 11 is 3.32. The highest BCUT2D eigenvalue weighted by atomic mass is 79.9. The first-order chi connectivity index (χ1) is 6.77. The highest BCUT2D eigenvalue weighted by Gasteiger charge is 2.02. The van der Waals surface area contributed by atoms with Gasteiger partial charge in [-0.2, -0.15) is 5.26 Å². The van der Waals surface area contributed by atoms with Gasteiger partial charge in [-0.1, -0.05) is 15.9 Å². The van der Waals surface area contributed by atoms with Gasteiger partial charge in [0.2, 0.25) is 5.95 Å². The van der Waals surface area contributed by atoms with Crippen molar-refractivity contribution < 1.29 is 0 Å². The van der Waals surface area contributed by atoms with Crippen LogP contribution in [0.1, 0.15) is 12.0 Å². The van der Waals surface area contributed by atoms with E-state index in [1.165, 1.54) is 0 Å². The molecule has 0 N–H and O–H groups in total. The predicted octanol–water partition coefficient (Wildman–Crippen LogP) is 1.72. The van der Waals surface area contributed by atoms with Gasteiger partial charge >= 0.3 is 0 Å². The van der Waals surface area contributed by atoms with Crippen LogP contribution in [0.5, 0.6) is 0 Å². The third-order valence-electron chi connectivity index (χ3n) is 1.75. The van der Waals surface area contributed by atoms with E-state index in [1.807, 2.05) is 11.9 Å². The Morgan fingerprint density at radius 1 is 1.50 bits per heavy atom. The van der Waals surface area contributed by atoms with Crippen LogP contribution in [0.4, 0.5) is 5.95 Å². The molecule has 0 aromatic carbocycles. The highest BCUT2D eigenvalue weighted by molar-refractivity contribution is 9.08. The number of hydrogen-bond donors (Lipinski definition) is 0. The molecule has 0 saturated carbocycles. The Labute approximate surface area is 91.7 Å². The van der Waals surface area contributed by atoms with E-state index in [1.54, 1.807) is 12.4 Å². The maximum atomic E-state index is 8.42. The van der Waals surface area contributed by atoms with Crippen molar-refractivity contribution in [3.8, 4) is 6.07 Å². The molecule has 0 radical (unpaired) electrons. The Kier molecular flexibility index (Phi) is 4.33. The standard InChI is InChI=1S/C9H11BrN4/c1-14(4-2-3-11)9-12-6-8(5-10)7-13-9/h6-7H,2,4-5H2,1H3. The molecule has 1 aromatic rings. The summed E-state index contributed by atoms with van der Waals surface area (Å²) in [5.41, 5.74) is 1.04. The van der Waals surface area contributed by atoms with Crippen molar-refractivity contribution in [2.45, 2.75) is 11.8 Å². The molecule has 74 valence electrons. The fraction of sp³-hybridized carbons (Fsp3) is 0.444. The minimum absolute atomic E-state index is 0.486. The van der Waals surface area contributed by atoms with Gasteiger partial charge in [-0.15, -0.1) is 0 Å². The molecular weight excluding hydrogens is 244 g/mol. The Balaban J connectivity index is 2.62. The van der Waals surface area contributed by atoms with Crippen molar-refractivity contribution in [1.29, 1.82) is 5.26 Å². The largest absolute Gasteiger partial charge is 0.343 e. The second kappa shape index (κ2) is 5.55. The average Bonchev–Trinajstić information content (AvgIpc) is 2.26.